The lowest BCUT2D eigenvalue weighted by atomic mass is 10.2. The van der Waals surface area contributed by atoms with E-state index in [0.717, 1.165) is 0 Å². The highest BCUT2D eigenvalue weighted by molar-refractivity contribution is 6.15. The summed E-state index contributed by atoms with van der Waals surface area (Å²) in [5.74, 6) is -0.396. The van der Waals surface area contributed by atoms with Crippen LogP contribution in [0, 0.1) is 0 Å². The molecule has 1 atom stereocenters. The van der Waals surface area contributed by atoms with E-state index in [2.05, 4.69) is 14.4 Å². The molecule has 0 saturated heterocycles. The van der Waals surface area contributed by atoms with Crippen LogP contribution in [0.2, 0.25) is 0 Å². The summed E-state index contributed by atoms with van der Waals surface area (Å²) in [6.07, 6.45) is 0.486. The van der Waals surface area contributed by atoms with Crippen LogP contribution < -0.4 is 9.67 Å². The third-order valence-corrected chi connectivity index (χ3v) is 1.60. The molecule has 11 heavy (non-hydrogen) atoms. The average molecular weight is 201 g/mol. The van der Waals surface area contributed by atoms with Crippen molar-refractivity contribution in [2.45, 2.75) is 12.5 Å². The van der Waals surface area contributed by atoms with Crippen molar-refractivity contribution in [2.24, 2.45) is 0 Å². The number of carbonyl (C=O) groups excluding carboxylic acids is 1. The maximum absolute atomic E-state index is 10.8. The molecular weight excluding hydrogens is 191 g/mol. The smallest absolute Gasteiger partial charge is 0.324 e. The van der Waals surface area contributed by atoms with Crippen LogP contribution in [0.5, 0.6) is 0 Å². The van der Waals surface area contributed by atoms with E-state index < -0.39 is 12.0 Å². The molecule has 66 valence electrons. The summed E-state index contributed by atoms with van der Waals surface area (Å²) in [4.78, 5) is 15.5. The second kappa shape index (κ2) is 6.67. The molecule has 0 aliphatic carbocycles. The van der Waals surface area contributed by atoms with Gasteiger partial charge in [0, 0.05) is 6.54 Å². The molecule has 0 amide bonds. The number of methoxy groups -OCH3 is 1. The SMILES string of the molecule is COC(=O)C(CCNCl)NCl. The molecule has 0 aromatic carbocycles. The molecule has 6 heteroatoms. The zero-order valence-corrected chi connectivity index (χ0v) is 7.58. The first-order chi connectivity index (χ1) is 5.26. The van der Waals surface area contributed by atoms with Crippen LogP contribution in [-0.2, 0) is 9.53 Å². The largest absolute Gasteiger partial charge is 0.468 e. The zero-order chi connectivity index (χ0) is 8.69. The molecule has 0 aromatic heterocycles. The highest BCUT2D eigenvalue weighted by Gasteiger charge is 2.16. The minimum Gasteiger partial charge on any atom is -0.468 e. The van der Waals surface area contributed by atoms with Crippen molar-refractivity contribution >= 4 is 29.5 Å². The first-order valence-electron chi connectivity index (χ1n) is 3.03. The fourth-order valence-electron chi connectivity index (χ4n) is 0.558. The first kappa shape index (κ1) is 11.0. The van der Waals surface area contributed by atoms with Crippen LogP contribution in [0.15, 0.2) is 0 Å². The van der Waals surface area contributed by atoms with E-state index >= 15 is 0 Å². The standard InChI is InChI=1S/C5H10Cl2N2O2/c1-11-5(10)4(9-7)2-3-8-6/h4,8-9H,2-3H2,1H3. The van der Waals surface area contributed by atoms with E-state index in [0.29, 0.717) is 13.0 Å². The van der Waals surface area contributed by atoms with Crippen LogP contribution in [0.4, 0.5) is 0 Å². The number of nitrogens with one attached hydrogen (secondary N) is 2. The van der Waals surface area contributed by atoms with Crippen LogP contribution in [0.1, 0.15) is 6.42 Å². The van der Waals surface area contributed by atoms with Gasteiger partial charge in [0.15, 0.2) is 0 Å². The van der Waals surface area contributed by atoms with Crippen molar-refractivity contribution in [3.63, 3.8) is 0 Å². The number of ether oxygens (including phenoxy) is 1. The number of carbonyl (C=O) groups is 1. The van der Waals surface area contributed by atoms with Gasteiger partial charge in [-0.15, -0.1) is 0 Å². The molecule has 0 rings (SSSR count). The summed E-state index contributed by atoms with van der Waals surface area (Å²) < 4.78 is 4.44. The molecule has 0 aliphatic heterocycles. The Morgan fingerprint density at radius 2 is 2.27 bits per heavy atom. The predicted octanol–water partition coefficient (Wildman–Crippen LogP) is 0.405. The van der Waals surface area contributed by atoms with Gasteiger partial charge in [0.1, 0.15) is 6.04 Å². The summed E-state index contributed by atoms with van der Waals surface area (Å²) in [5, 5.41) is 0. The summed E-state index contributed by atoms with van der Waals surface area (Å²) >= 11 is 10.4. The number of hydrogen-bond acceptors (Lipinski definition) is 4. The van der Waals surface area contributed by atoms with Gasteiger partial charge in [0.25, 0.3) is 0 Å². The molecule has 0 saturated carbocycles. The van der Waals surface area contributed by atoms with Gasteiger partial charge in [0.05, 0.1) is 7.11 Å². The highest BCUT2D eigenvalue weighted by Crippen LogP contribution is 1.95. The lowest BCUT2D eigenvalue weighted by molar-refractivity contribution is -0.142. The molecule has 0 heterocycles. The molecule has 0 spiro atoms. The molecule has 0 aromatic rings. The Morgan fingerprint density at radius 1 is 1.64 bits per heavy atom. The Kier molecular flexibility index (Phi) is 6.65. The Balaban J connectivity index is 3.65. The number of rotatable bonds is 5. The molecular formula is C5H10Cl2N2O2. The molecule has 0 bridgehead atoms. The lowest BCUT2D eigenvalue weighted by Crippen LogP contribution is -2.33. The number of esters is 1. The van der Waals surface area contributed by atoms with E-state index in [4.69, 9.17) is 23.6 Å². The van der Waals surface area contributed by atoms with E-state index in [1.165, 1.54) is 7.11 Å². The highest BCUT2D eigenvalue weighted by atomic mass is 35.5. The molecule has 0 fully saturated rings. The van der Waals surface area contributed by atoms with Crippen molar-refractivity contribution in [1.82, 2.24) is 9.67 Å². The fourth-order valence-corrected chi connectivity index (χ4v) is 0.865. The second-order valence-electron chi connectivity index (χ2n) is 1.86. The van der Waals surface area contributed by atoms with Crippen LogP contribution in [-0.4, -0.2) is 25.7 Å². The van der Waals surface area contributed by atoms with Crippen molar-refractivity contribution in [3.05, 3.63) is 0 Å². The van der Waals surface area contributed by atoms with Gasteiger partial charge in [-0.3, -0.25) is 4.79 Å². The van der Waals surface area contributed by atoms with Crippen LogP contribution >= 0.6 is 23.6 Å². The van der Waals surface area contributed by atoms with E-state index in [-0.39, 0.29) is 0 Å². The summed E-state index contributed by atoms with van der Waals surface area (Å²) in [5.41, 5.74) is 0. The van der Waals surface area contributed by atoms with Gasteiger partial charge < -0.3 is 4.74 Å². The quantitative estimate of drug-likeness (QED) is 0.499. The fraction of sp³-hybridized carbons (Fsp3) is 0.800. The summed E-state index contributed by atoms with van der Waals surface area (Å²) in [7, 11) is 1.30. The topological polar surface area (TPSA) is 50.4 Å². The van der Waals surface area contributed by atoms with Crippen LogP contribution in [0.3, 0.4) is 0 Å². The van der Waals surface area contributed by atoms with Crippen molar-refractivity contribution < 1.29 is 9.53 Å². The van der Waals surface area contributed by atoms with E-state index in [1.54, 1.807) is 0 Å². The monoisotopic (exact) mass is 200 g/mol. The predicted molar refractivity (Wildman–Crippen MR) is 43.3 cm³/mol. The maximum Gasteiger partial charge on any atom is 0.324 e. The Labute approximate surface area is 75.4 Å². The normalized spacial score (nSPS) is 12.6. The van der Waals surface area contributed by atoms with Gasteiger partial charge in [-0.2, -0.15) is 0 Å². The number of halogens is 2. The van der Waals surface area contributed by atoms with E-state index in [9.17, 15) is 4.79 Å². The Morgan fingerprint density at radius 3 is 2.64 bits per heavy atom. The molecule has 0 aliphatic rings. The lowest BCUT2D eigenvalue weighted by Gasteiger charge is -2.10. The van der Waals surface area contributed by atoms with E-state index in [1.807, 2.05) is 0 Å². The summed E-state index contributed by atoms with van der Waals surface area (Å²) in [6, 6.07) is -0.507. The van der Waals surface area contributed by atoms with Crippen molar-refractivity contribution in [2.75, 3.05) is 13.7 Å². The average Bonchev–Trinajstić information content (AvgIpc) is 2.05. The van der Waals surface area contributed by atoms with Gasteiger partial charge >= 0.3 is 5.97 Å². The third-order valence-electron chi connectivity index (χ3n) is 1.14. The molecule has 1 unspecified atom stereocenters. The van der Waals surface area contributed by atoms with Crippen molar-refractivity contribution in [3.8, 4) is 0 Å². The van der Waals surface area contributed by atoms with Gasteiger partial charge in [-0.05, 0) is 30.0 Å². The summed E-state index contributed by atoms with van der Waals surface area (Å²) in [6.45, 7) is 0.487. The van der Waals surface area contributed by atoms with Crippen molar-refractivity contribution in [1.29, 1.82) is 0 Å². The zero-order valence-electron chi connectivity index (χ0n) is 6.06. The van der Waals surface area contributed by atoms with Crippen LogP contribution in [0.25, 0.3) is 0 Å². The maximum atomic E-state index is 10.8. The van der Waals surface area contributed by atoms with Gasteiger partial charge in [0.2, 0.25) is 0 Å². The molecule has 4 nitrogen and oxygen atoms in total. The second-order valence-corrected chi connectivity index (χ2v) is 2.34. The Hall–Kier alpha value is -0.0300. The minimum absolute atomic E-state index is 0.396. The Bertz CT molecular complexity index is 123. The van der Waals surface area contributed by atoms with Gasteiger partial charge in [-0.25, -0.2) is 9.67 Å². The number of hydrogen-bond donors (Lipinski definition) is 2. The minimum atomic E-state index is -0.507. The molecule has 2 N–H and O–H groups in total. The first-order valence-corrected chi connectivity index (χ1v) is 3.79. The van der Waals surface area contributed by atoms with Gasteiger partial charge in [-0.1, -0.05) is 0 Å². The third kappa shape index (κ3) is 4.42. The molecule has 0 radical (unpaired) electrons.